The van der Waals surface area contributed by atoms with Crippen molar-refractivity contribution < 1.29 is 17.9 Å². The zero-order valence-electron chi connectivity index (χ0n) is 6.70. The molecule has 0 unspecified atom stereocenters. The van der Waals surface area contributed by atoms with Crippen molar-refractivity contribution in [3.05, 3.63) is 0 Å². The molecular weight excluding hydrogens is 313 g/mol. The molecule has 0 amide bonds. The van der Waals surface area contributed by atoms with Gasteiger partial charge in [-0.3, -0.25) is 0 Å². The van der Waals surface area contributed by atoms with Gasteiger partial charge >= 0.3 is 40.5 Å². The van der Waals surface area contributed by atoms with Crippen LogP contribution < -0.4 is 0 Å². The van der Waals surface area contributed by atoms with Crippen molar-refractivity contribution in [1.82, 2.24) is 0 Å². The van der Waals surface area contributed by atoms with Crippen LogP contribution in [0.2, 0.25) is 0 Å². The number of rotatable bonds is 0. The average molecular weight is 327 g/mol. The third-order valence-corrected chi connectivity index (χ3v) is 0.827. The van der Waals surface area contributed by atoms with Crippen LogP contribution in [0.5, 0.6) is 0 Å². The Hall–Kier alpha value is 1.54. The summed E-state index contributed by atoms with van der Waals surface area (Å²) in [5.74, 6) is 0. The Bertz CT molecular complexity index is 35.1. The summed E-state index contributed by atoms with van der Waals surface area (Å²) < 4.78 is 4.94. The average Bonchev–Trinajstić information content (AvgIpc) is 2.48. The van der Waals surface area contributed by atoms with E-state index in [0.29, 0.717) is 0 Å². The summed E-state index contributed by atoms with van der Waals surface area (Å²) in [6, 6.07) is 0. The summed E-state index contributed by atoms with van der Waals surface area (Å²) >= 11 is 6.25. The fraction of sp³-hybridized carbons (Fsp3) is 1.00. The Morgan fingerprint density at radius 1 is 1.10 bits per heavy atom. The first-order valence-electron chi connectivity index (χ1n) is 3.61. The predicted octanol–water partition coefficient (Wildman–Crippen LogP) is 3.51. The van der Waals surface area contributed by atoms with Gasteiger partial charge in [-0.2, -0.15) is 0 Å². The normalized spacial score (nSPS) is 13.6. The minimum atomic E-state index is -0.250. The van der Waals surface area contributed by atoms with Crippen molar-refractivity contribution in [2.75, 3.05) is 13.2 Å². The molecule has 0 radical (unpaired) electrons. The summed E-state index contributed by atoms with van der Waals surface area (Å²) in [6.45, 7) is 6.00. The van der Waals surface area contributed by atoms with E-state index in [1.807, 2.05) is 13.8 Å². The topological polar surface area (TPSA) is 9.23 Å². The van der Waals surface area contributed by atoms with E-state index in [0.717, 1.165) is 13.2 Å². The van der Waals surface area contributed by atoms with Crippen molar-refractivity contribution in [3.8, 4) is 0 Å². The van der Waals surface area contributed by atoms with Gasteiger partial charge in [0.2, 0.25) is 0 Å². The molecule has 0 saturated carbocycles. The van der Waals surface area contributed by atoms with Gasteiger partial charge in [0.25, 0.3) is 0 Å². The van der Waals surface area contributed by atoms with Gasteiger partial charge in [0.1, 0.15) is 0 Å². The quantitative estimate of drug-likeness (QED) is 0.619. The minimum absolute atomic E-state index is 0.250. The van der Waals surface area contributed by atoms with Crippen molar-refractivity contribution in [3.63, 3.8) is 0 Å². The molecule has 4 heteroatoms. The monoisotopic (exact) mass is 324 g/mol. The van der Waals surface area contributed by atoms with Crippen LogP contribution in [0.1, 0.15) is 26.7 Å². The maximum absolute atomic E-state index is 4.94. The van der Waals surface area contributed by atoms with Gasteiger partial charge in [0.15, 0.2) is 0 Å². The van der Waals surface area contributed by atoms with Crippen LogP contribution in [-0.4, -0.2) is 13.2 Å². The van der Waals surface area contributed by atoms with Gasteiger partial charge in [-0.25, -0.2) is 0 Å². The van der Waals surface area contributed by atoms with Crippen molar-refractivity contribution in [2.24, 2.45) is 0 Å². The molecule has 0 atom stereocenters. The van der Waals surface area contributed by atoms with Gasteiger partial charge in [-0.05, 0) is 12.8 Å². The molecule has 1 nitrogen and oxygen atoms in total. The van der Waals surface area contributed by atoms with Crippen molar-refractivity contribution in [1.29, 1.82) is 0 Å². The molecule has 10 heavy (non-hydrogen) atoms. The number of hydrogen-bond donors (Lipinski definition) is 0. The van der Waals surface area contributed by atoms with Crippen molar-refractivity contribution in [2.45, 2.75) is 26.7 Å². The Balaban J connectivity index is 0. The van der Waals surface area contributed by atoms with Gasteiger partial charge in [0.05, 0.1) is 0 Å². The molecule has 0 spiro atoms. The van der Waals surface area contributed by atoms with E-state index in [2.05, 4.69) is 27.2 Å². The Labute approximate surface area is 84.6 Å². The first-order valence-corrected chi connectivity index (χ1v) is 17.5. The Morgan fingerprint density at radius 3 is 1.50 bits per heavy atom. The molecule has 0 bridgehead atoms. The van der Waals surface area contributed by atoms with Crippen LogP contribution in [0.3, 0.4) is 0 Å². The second-order valence-electron chi connectivity index (χ2n) is 1.42. The summed E-state index contributed by atoms with van der Waals surface area (Å²) in [7, 11) is 0. The molecule has 0 aromatic carbocycles. The third-order valence-electron chi connectivity index (χ3n) is 0.827. The van der Waals surface area contributed by atoms with Crippen LogP contribution in [-0.2, 0) is 17.9 Å². The molecule has 1 aliphatic heterocycles. The second-order valence-corrected chi connectivity index (χ2v) is 15.5. The summed E-state index contributed by atoms with van der Waals surface area (Å²) in [6.07, 6.45) is 2.56. The molecule has 60 valence electrons. The van der Waals surface area contributed by atoms with Crippen LogP contribution in [0.15, 0.2) is 0 Å². The van der Waals surface area contributed by atoms with Gasteiger partial charge in [0, 0.05) is 13.2 Å². The zero-order chi connectivity index (χ0) is 8.24. The first-order chi connectivity index (χ1) is 4.91. The molecule has 1 heterocycles. The van der Waals surface area contributed by atoms with E-state index >= 15 is 0 Å². The first kappa shape index (κ1) is 14.1. The van der Waals surface area contributed by atoms with Crippen LogP contribution in [0.25, 0.3) is 0 Å². The molecule has 0 N–H and O–H groups in total. The number of hydrogen-bond acceptors (Lipinski definition) is 1. The van der Waals surface area contributed by atoms with E-state index < -0.39 is 0 Å². The fourth-order valence-electron chi connectivity index (χ4n) is 0.510. The van der Waals surface area contributed by atoms with E-state index in [4.69, 9.17) is 4.74 Å². The van der Waals surface area contributed by atoms with E-state index in [9.17, 15) is 0 Å². The standard InChI is InChI=1S/C4H8O.C2H6.2BrH.Zn/c1-2-4-5-3-1;1-2;;;/h1-4H2;1-2H3;2*1H;/q;;;;+2/p-2. The Kier molecular flexibility index (Phi) is 23.8. The summed E-state index contributed by atoms with van der Waals surface area (Å²) in [5.41, 5.74) is 0. The number of halogens is 2. The van der Waals surface area contributed by atoms with Crippen LogP contribution in [0, 0.1) is 0 Å². The molecule has 0 aliphatic carbocycles. The molecule has 0 aromatic heterocycles. The van der Waals surface area contributed by atoms with Crippen molar-refractivity contribution >= 4 is 27.2 Å². The summed E-state index contributed by atoms with van der Waals surface area (Å²) in [4.78, 5) is 0. The molecule has 1 saturated heterocycles. The zero-order valence-corrected chi connectivity index (χ0v) is 12.8. The molecule has 1 aliphatic rings. The van der Waals surface area contributed by atoms with E-state index in [-0.39, 0.29) is 13.2 Å². The van der Waals surface area contributed by atoms with Crippen LogP contribution in [0.4, 0.5) is 0 Å². The predicted molar refractivity (Wildman–Crippen MR) is 49.3 cm³/mol. The fourth-order valence-corrected chi connectivity index (χ4v) is 0.510. The third kappa shape index (κ3) is 16.3. The van der Waals surface area contributed by atoms with Crippen LogP contribution >= 0.6 is 27.2 Å². The molecule has 1 rings (SSSR count). The maximum atomic E-state index is 4.94. The second kappa shape index (κ2) is 16.9. The Morgan fingerprint density at radius 2 is 1.40 bits per heavy atom. The van der Waals surface area contributed by atoms with E-state index in [1.54, 1.807) is 0 Å². The molecular formula is C6H14Br2OZn. The van der Waals surface area contributed by atoms with Gasteiger partial charge in [-0.1, -0.05) is 13.8 Å². The van der Waals surface area contributed by atoms with Gasteiger partial charge < -0.3 is 4.74 Å². The molecule has 1 fully saturated rings. The van der Waals surface area contributed by atoms with E-state index in [1.165, 1.54) is 12.8 Å². The SMILES string of the molecule is C1CCOC1.CC.[Br][Zn][Br]. The number of ether oxygens (including phenoxy) is 1. The molecule has 0 aromatic rings. The van der Waals surface area contributed by atoms with Gasteiger partial charge in [-0.15, -0.1) is 0 Å². The summed E-state index contributed by atoms with van der Waals surface area (Å²) in [5, 5.41) is 0.